The fraction of sp³-hybridized carbons (Fsp3) is 0.200. The molecule has 1 heterocycles. The van der Waals surface area contributed by atoms with E-state index >= 15 is 0 Å². The summed E-state index contributed by atoms with van der Waals surface area (Å²) in [6.07, 6.45) is 0. The topological polar surface area (TPSA) is 35.0 Å². The van der Waals surface area contributed by atoms with Gasteiger partial charge in [0.05, 0.1) is 17.6 Å². The van der Waals surface area contributed by atoms with Crippen molar-refractivity contribution in [1.82, 2.24) is 9.97 Å². The van der Waals surface area contributed by atoms with Crippen molar-refractivity contribution in [3.8, 4) is 5.88 Å². The highest BCUT2D eigenvalue weighted by Crippen LogP contribution is 2.24. The van der Waals surface area contributed by atoms with E-state index in [0.717, 1.165) is 0 Å². The summed E-state index contributed by atoms with van der Waals surface area (Å²) in [5.41, 5.74) is 1.38. The van der Waals surface area contributed by atoms with Gasteiger partial charge in [-0.3, -0.25) is 0 Å². The first kappa shape index (κ1) is 10.5. The lowest BCUT2D eigenvalue weighted by molar-refractivity contribution is 0.327. The highest BCUT2D eigenvalue weighted by atomic mass is 35.5. The number of fused-ring (bicyclic) bond motifs is 1. The predicted molar refractivity (Wildman–Crippen MR) is 60.7 cm³/mol. The summed E-state index contributed by atoms with van der Waals surface area (Å²) in [4.78, 5) is 8.38. The van der Waals surface area contributed by atoms with E-state index in [9.17, 15) is 0 Å². The smallest absolute Gasteiger partial charge is 0.252 e. The van der Waals surface area contributed by atoms with Gasteiger partial charge in [-0.1, -0.05) is 23.2 Å². The third-order valence-corrected chi connectivity index (χ3v) is 2.32. The number of rotatable bonds is 2. The molecule has 15 heavy (non-hydrogen) atoms. The van der Waals surface area contributed by atoms with E-state index in [1.807, 2.05) is 6.92 Å². The fourth-order valence-corrected chi connectivity index (χ4v) is 1.57. The second-order valence-electron chi connectivity index (χ2n) is 2.89. The number of hydrogen-bond donors (Lipinski definition) is 0. The van der Waals surface area contributed by atoms with Gasteiger partial charge in [0, 0.05) is 5.02 Å². The number of aromatic nitrogens is 2. The Labute approximate surface area is 97.0 Å². The van der Waals surface area contributed by atoms with Gasteiger partial charge in [-0.15, -0.1) is 0 Å². The third-order valence-electron chi connectivity index (χ3n) is 1.84. The minimum Gasteiger partial charge on any atom is -0.476 e. The Morgan fingerprint density at radius 3 is 2.73 bits per heavy atom. The zero-order chi connectivity index (χ0) is 10.8. The molecule has 5 heteroatoms. The Morgan fingerprint density at radius 1 is 1.20 bits per heavy atom. The van der Waals surface area contributed by atoms with Crippen molar-refractivity contribution in [3.05, 3.63) is 28.4 Å². The van der Waals surface area contributed by atoms with Gasteiger partial charge in [-0.2, -0.15) is 0 Å². The lowest BCUT2D eigenvalue weighted by Crippen LogP contribution is -1.97. The van der Waals surface area contributed by atoms with Gasteiger partial charge in [0.25, 0.3) is 5.88 Å². The molecule has 0 bridgehead atoms. The summed E-state index contributed by atoms with van der Waals surface area (Å²) in [6.45, 7) is 2.36. The predicted octanol–water partition coefficient (Wildman–Crippen LogP) is 3.34. The molecule has 0 saturated heterocycles. The minimum absolute atomic E-state index is 0.270. The Hall–Kier alpha value is -1.06. The molecule has 0 unspecified atom stereocenters. The van der Waals surface area contributed by atoms with E-state index in [0.29, 0.717) is 28.5 Å². The van der Waals surface area contributed by atoms with Crippen LogP contribution < -0.4 is 4.74 Å². The van der Waals surface area contributed by atoms with Gasteiger partial charge in [0.2, 0.25) is 0 Å². The largest absolute Gasteiger partial charge is 0.476 e. The number of nitrogens with zero attached hydrogens (tertiary/aromatic N) is 2. The first-order chi connectivity index (χ1) is 7.20. The highest BCUT2D eigenvalue weighted by Gasteiger charge is 2.07. The molecule has 0 aliphatic heterocycles. The second kappa shape index (κ2) is 4.21. The van der Waals surface area contributed by atoms with Crippen LogP contribution >= 0.6 is 23.2 Å². The van der Waals surface area contributed by atoms with E-state index in [2.05, 4.69) is 9.97 Å². The Kier molecular flexibility index (Phi) is 2.93. The lowest BCUT2D eigenvalue weighted by Gasteiger charge is -2.05. The van der Waals surface area contributed by atoms with Crippen LogP contribution in [-0.2, 0) is 0 Å². The summed E-state index contributed by atoms with van der Waals surface area (Å²) in [7, 11) is 0. The van der Waals surface area contributed by atoms with E-state index in [-0.39, 0.29) is 5.15 Å². The maximum Gasteiger partial charge on any atom is 0.252 e. The Morgan fingerprint density at radius 2 is 2.00 bits per heavy atom. The van der Waals surface area contributed by atoms with E-state index in [1.165, 1.54) is 0 Å². The van der Waals surface area contributed by atoms with Crippen molar-refractivity contribution in [2.75, 3.05) is 6.61 Å². The molecule has 0 saturated carbocycles. The molecule has 0 aliphatic carbocycles. The molecule has 2 rings (SSSR count). The zero-order valence-electron chi connectivity index (χ0n) is 8.00. The van der Waals surface area contributed by atoms with Crippen molar-refractivity contribution in [2.45, 2.75) is 6.92 Å². The standard InChI is InChI=1S/C10H8Cl2N2O/c1-2-15-10-9(12)13-7-4-3-6(11)5-8(7)14-10/h3-5H,2H2,1H3. The van der Waals surface area contributed by atoms with Crippen LogP contribution in [0.5, 0.6) is 5.88 Å². The van der Waals surface area contributed by atoms with Crippen molar-refractivity contribution in [3.63, 3.8) is 0 Å². The normalized spacial score (nSPS) is 10.6. The van der Waals surface area contributed by atoms with Gasteiger partial charge in [0.15, 0.2) is 5.15 Å². The minimum atomic E-state index is 0.270. The summed E-state index contributed by atoms with van der Waals surface area (Å²) in [6, 6.07) is 5.24. The van der Waals surface area contributed by atoms with Gasteiger partial charge in [-0.05, 0) is 25.1 Å². The molecule has 1 aromatic carbocycles. The third kappa shape index (κ3) is 2.13. The highest BCUT2D eigenvalue weighted by molar-refractivity contribution is 6.32. The average Bonchev–Trinajstić information content (AvgIpc) is 2.20. The van der Waals surface area contributed by atoms with E-state index in [4.69, 9.17) is 27.9 Å². The molecular formula is C10H8Cl2N2O. The maximum atomic E-state index is 5.89. The molecule has 1 aromatic heterocycles. The van der Waals surface area contributed by atoms with Crippen LogP contribution in [0, 0.1) is 0 Å². The summed E-state index contributed by atoms with van der Waals surface area (Å²) in [5.74, 6) is 0.342. The van der Waals surface area contributed by atoms with E-state index in [1.54, 1.807) is 18.2 Å². The average molecular weight is 243 g/mol. The Balaban J connectivity index is 2.61. The van der Waals surface area contributed by atoms with Gasteiger partial charge >= 0.3 is 0 Å². The van der Waals surface area contributed by atoms with Gasteiger partial charge in [0.1, 0.15) is 0 Å². The van der Waals surface area contributed by atoms with Crippen molar-refractivity contribution < 1.29 is 4.74 Å². The van der Waals surface area contributed by atoms with E-state index < -0.39 is 0 Å². The number of hydrogen-bond acceptors (Lipinski definition) is 3. The van der Waals surface area contributed by atoms with Gasteiger partial charge in [-0.25, -0.2) is 9.97 Å². The first-order valence-electron chi connectivity index (χ1n) is 4.46. The molecule has 78 valence electrons. The monoisotopic (exact) mass is 242 g/mol. The molecule has 0 amide bonds. The van der Waals surface area contributed by atoms with Crippen LogP contribution in [0.2, 0.25) is 10.2 Å². The van der Waals surface area contributed by atoms with Crippen LogP contribution in [0.1, 0.15) is 6.92 Å². The molecule has 0 spiro atoms. The number of benzene rings is 1. The van der Waals surface area contributed by atoms with Crippen molar-refractivity contribution in [1.29, 1.82) is 0 Å². The maximum absolute atomic E-state index is 5.89. The first-order valence-corrected chi connectivity index (χ1v) is 5.22. The quantitative estimate of drug-likeness (QED) is 0.811. The molecular weight excluding hydrogens is 235 g/mol. The number of ether oxygens (including phenoxy) is 1. The molecule has 0 atom stereocenters. The van der Waals surface area contributed by atoms with Crippen LogP contribution in [0.4, 0.5) is 0 Å². The molecule has 0 fully saturated rings. The summed E-state index contributed by atoms with van der Waals surface area (Å²) in [5, 5.41) is 0.883. The molecule has 0 aliphatic rings. The molecule has 2 aromatic rings. The van der Waals surface area contributed by atoms with Crippen LogP contribution in [0.3, 0.4) is 0 Å². The second-order valence-corrected chi connectivity index (χ2v) is 3.68. The summed E-state index contributed by atoms with van der Waals surface area (Å²) >= 11 is 11.7. The molecule has 3 nitrogen and oxygen atoms in total. The lowest BCUT2D eigenvalue weighted by atomic mass is 10.3. The molecule has 0 radical (unpaired) electrons. The fourth-order valence-electron chi connectivity index (χ4n) is 1.22. The SMILES string of the molecule is CCOc1nc2cc(Cl)ccc2nc1Cl. The van der Waals surface area contributed by atoms with Gasteiger partial charge < -0.3 is 4.74 Å². The van der Waals surface area contributed by atoms with Crippen molar-refractivity contribution >= 4 is 34.2 Å². The van der Waals surface area contributed by atoms with Crippen LogP contribution in [0.15, 0.2) is 18.2 Å². The zero-order valence-corrected chi connectivity index (χ0v) is 9.51. The van der Waals surface area contributed by atoms with Crippen molar-refractivity contribution in [2.24, 2.45) is 0 Å². The molecule has 0 N–H and O–H groups in total. The van der Waals surface area contributed by atoms with Crippen LogP contribution in [0.25, 0.3) is 11.0 Å². The summed E-state index contributed by atoms with van der Waals surface area (Å²) < 4.78 is 5.24. The Bertz CT molecular complexity index is 502. The van der Waals surface area contributed by atoms with Crippen LogP contribution in [-0.4, -0.2) is 16.6 Å². The number of halogens is 2.